The smallest absolute Gasteiger partial charge is 0.344 e. The number of pyridine rings is 1. The van der Waals surface area contributed by atoms with Crippen molar-refractivity contribution in [2.75, 3.05) is 25.1 Å². The first-order valence-corrected chi connectivity index (χ1v) is 8.57. The summed E-state index contributed by atoms with van der Waals surface area (Å²) in [4.78, 5) is 28.7. The number of rotatable bonds is 6. The molecule has 1 N–H and O–H groups in total. The lowest BCUT2D eigenvalue weighted by atomic mass is 10.2. The summed E-state index contributed by atoms with van der Waals surface area (Å²) in [6, 6.07) is 8.19. The van der Waals surface area contributed by atoms with Gasteiger partial charge in [-0.2, -0.15) is 0 Å². The Kier molecular flexibility index (Phi) is 5.75. The third-order valence-corrected chi connectivity index (χ3v) is 3.73. The molecule has 1 unspecified atom stereocenters. The summed E-state index contributed by atoms with van der Waals surface area (Å²) < 4.78 is 21.5. The fourth-order valence-electron chi connectivity index (χ4n) is 2.44. The van der Waals surface area contributed by atoms with Gasteiger partial charge in [0.1, 0.15) is 18.8 Å². The van der Waals surface area contributed by atoms with E-state index in [9.17, 15) is 9.59 Å². The van der Waals surface area contributed by atoms with E-state index >= 15 is 0 Å². The Morgan fingerprint density at radius 3 is 2.78 bits per heavy atom. The molecule has 1 aromatic heterocycles. The summed E-state index contributed by atoms with van der Waals surface area (Å²) >= 11 is 0. The molecule has 0 aliphatic carbocycles. The molecule has 1 aromatic carbocycles. The summed E-state index contributed by atoms with van der Waals surface area (Å²) in [5, 5.41) is 2.69. The second-order valence-corrected chi connectivity index (χ2v) is 5.68. The average molecular weight is 372 g/mol. The number of hydrogen-bond donors (Lipinski definition) is 1. The molecule has 0 fully saturated rings. The molecule has 0 spiro atoms. The van der Waals surface area contributed by atoms with E-state index in [0.29, 0.717) is 37.0 Å². The highest BCUT2D eigenvalue weighted by molar-refractivity contribution is 5.98. The van der Waals surface area contributed by atoms with Gasteiger partial charge in [-0.1, -0.05) is 0 Å². The normalized spacial score (nSPS) is 13.4. The number of esters is 1. The minimum Gasteiger partial charge on any atom is -0.486 e. The van der Waals surface area contributed by atoms with Crippen molar-refractivity contribution in [2.24, 2.45) is 0 Å². The summed E-state index contributed by atoms with van der Waals surface area (Å²) in [7, 11) is 0. The lowest BCUT2D eigenvalue weighted by Gasteiger charge is -2.19. The van der Waals surface area contributed by atoms with Gasteiger partial charge in [0.05, 0.1) is 6.61 Å². The minimum atomic E-state index is -1.01. The molecule has 3 rings (SSSR count). The van der Waals surface area contributed by atoms with Crippen molar-refractivity contribution >= 4 is 17.6 Å². The number of hydrogen-bond acceptors (Lipinski definition) is 7. The van der Waals surface area contributed by atoms with Crippen molar-refractivity contribution in [1.29, 1.82) is 0 Å². The number of carbonyl (C=O) groups is 2. The van der Waals surface area contributed by atoms with Crippen molar-refractivity contribution in [3.8, 4) is 17.4 Å². The van der Waals surface area contributed by atoms with Crippen LogP contribution < -0.4 is 19.5 Å². The number of ether oxygens (including phenoxy) is 4. The molecule has 142 valence electrons. The first-order chi connectivity index (χ1) is 13.1. The van der Waals surface area contributed by atoms with Crippen LogP contribution in [0.25, 0.3) is 0 Å². The maximum atomic E-state index is 12.4. The van der Waals surface area contributed by atoms with Gasteiger partial charge < -0.3 is 24.3 Å². The van der Waals surface area contributed by atoms with Gasteiger partial charge in [0.15, 0.2) is 17.6 Å². The Labute approximate surface area is 156 Å². The number of fused-ring (bicyclic) bond motifs is 1. The molecule has 2 heterocycles. The molecular weight excluding hydrogens is 352 g/mol. The maximum absolute atomic E-state index is 12.4. The van der Waals surface area contributed by atoms with E-state index in [-0.39, 0.29) is 11.4 Å². The lowest BCUT2D eigenvalue weighted by Crippen LogP contribution is -2.30. The van der Waals surface area contributed by atoms with Gasteiger partial charge in [-0.3, -0.25) is 4.79 Å². The Bertz CT molecular complexity index is 839. The highest BCUT2D eigenvalue weighted by atomic mass is 16.6. The van der Waals surface area contributed by atoms with E-state index in [4.69, 9.17) is 18.9 Å². The molecule has 1 atom stereocenters. The zero-order chi connectivity index (χ0) is 19.2. The van der Waals surface area contributed by atoms with Crippen LogP contribution in [0.5, 0.6) is 17.4 Å². The van der Waals surface area contributed by atoms with E-state index in [0.717, 1.165) is 0 Å². The monoisotopic (exact) mass is 372 g/mol. The summed E-state index contributed by atoms with van der Waals surface area (Å²) in [6.45, 7) is 4.57. The van der Waals surface area contributed by atoms with Gasteiger partial charge in [-0.05, 0) is 38.1 Å². The van der Waals surface area contributed by atoms with Crippen LogP contribution in [0.3, 0.4) is 0 Å². The Balaban J connectivity index is 1.63. The van der Waals surface area contributed by atoms with Crippen LogP contribution in [-0.4, -0.2) is 42.8 Å². The molecular formula is C19H20N2O6. The first-order valence-electron chi connectivity index (χ1n) is 8.57. The van der Waals surface area contributed by atoms with E-state index in [1.54, 1.807) is 31.2 Å². The second-order valence-electron chi connectivity index (χ2n) is 5.68. The fraction of sp³-hybridized carbons (Fsp3) is 0.316. The van der Waals surface area contributed by atoms with Crippen LogP contribution in [0.4, 0.5) is 5.69 Å². The van der Waals surface area contributed by atoms with Crippen molar-refractivity contribution in [3.63, 3.8) is 0 Å². The average Bonchev–Trinajstić information content (AvgIpc) is 2.68. The van der Waals surface area contributed by atoms with Gasteiger partial charge in [0.25, 0.3) is 5.91 Å². The molecule has 1 aliphatic rings. The summed E-state index contributed by atoms with van der Waals surface area (Å²) in [5.74, 6) is 0.196. The van der Waals surface area contributed by atoms with Crippen molar-refractivity contribution < 1.29 is 28.5 Å². The standard InChI is InChI=1S/C19H20N2O6/c1-3-24-18-14(5-4-8-20-18)19(23)27-12(2)17(22)21-13-6-7-15-16(11-13)26-10-9-25-15/h4-8,11-12H,3,9-10H2,1-2H3,(H,21,22). The molecule has 0 saturated carbocycles. The first kappa shape index (κ1) is 18.5. The van der Waals surface area contributed by atoms with Crippen molar-refractivity contribution in [1.82, 2.24) is 4.98 Å². The Morgan fingerprint density at radius 1 is 1.22 bits per heavy atom. The number of carbonyl (C=O) groups excluding carboxylic acids is 2. The number of anilines is 1. The number of nitrogens with zero attached hydrogens (tertiary/aromatic N) is 1. The van der Waals surface area contributed by atoms with Gasteiger partial charge in [-0.25, -0.2) is 9.78 Å². The highest BCUT2D eigenvalue weighted by Gasteiger charge is 2.22. The van der Waals surface area contributed by atoms with E-state index in [1.165, 1.54) is 19.2 Å². The van der Waals surface area contributed by atoms with Gasteiger partial charge in [-0.15, -0.1) is 0 Å². The SMILES string of the molecule is CCOc1ncccc1C(=O)OC(C)C(=O)Nc1ccc2c(c1)OCCO2. The molecule has 8 heteroatoms. The van der Waals surface area contributed by atoms with Crippen molar-refractivity contribution in [2.45, 2.75) is 20.0 Å². The zero-order valence-corrected chi connectivity index (χ0v) is 15.1. The number of nitrogens with one attached hydrogen (secondary N) is 1. The fourth-order valence-corrected chi connectivity index (χ4v) is 2.44. The third-order valence-electron chi connectivity index (χ3n) is 3.73. The summed E-state index contributed by atoms with van der Waals surface area (Å²) in [6.07, 6.45) is 0.500. The number of benzene rings is 1. The van der Waals surface area contributed by atoms with E-state index < -0.39 is 18.0 Å². The van der Waals surface area contributed by atoms with Crippen LogP contribution >= 0.6 is 0 Å². The zero-order valence-electron chi connectivity index (χ0n) is 15.1. The molecule has 8 nitrogen and oxygen atoms in total. The molecule has 1 aliphatic heterocycles. The largest absolute Gasteiger partial charge is 0.486 e. The van der Waals surface area contributed by atoms with Gasteiger partial charge in [0, 0.05) is 18.0 Å². The maximum Gasteiger partial charge on any atom is 0.344 e. The third kappa shape index (κ3) is 4.46. The summed E-state index contributed by atoms with van der Waals surface area (Å²) in [5.41, 5.74) is 0.682. The van der Waals surface area contributed by atoms with Crippen LogP contribution in [-0.2, 0) is 9.53 Å². The predicted octanol–water partition coefficient (Wildman–Crippen LogP) is 2.44. The number of aromatic nitrogens is 1. The molecule has 0 radical (unpaired) electrons. The lowest BCUT2D eigenvalue weighted by molar-refractivity contribution is -0.123. The van der Waals surface area contributed by atoms with Gasteiger partial charge >= 0.3 is 5.97 Å². The molecule has 1 amide bonds. The minimum absolute atomic E-state index is 0.165. The molecule has 27 heavy (non-hydrogen) atoms. The van der Waals surface area contributed by atoms with Crippen molar-refractivity contribution in [3.05, 3.63) is 42.1 Å². The van der Waals surface area contributed by atoms with Crippen LogP contribution in [0, 0.1) is 0 Å². The second kappa shape index (κ2) is 8.39. The highest BCUT2D eigenvalue weighted by Crippen LogP contribution is 2.32. The van der Waals surface area contributed by atoms with Crippen LogP contribution in [0.2, 0.25) is 0 Å². The molecule has 0 bridgehead atoms. The van der Waals surface area contributed by atoms with Gasteiger partial charge in [0.2, 0.25) is 5.88 Å². The van der Waals surface area contributed by atoms with E-state index in [2.05, 4.69) is 10.3 Å². The Morgan fingerprint density at radius 2 is 2.00 bits per heavy atom. The Hall–Kier alpha value is -3.29. The van der Waals surface area contributed by atoms with E-state index in [1.807, 2.05) is 0 Å². The van der Waals surface area contributed by atoms with Crippen LogP contribution in [0.1, 0.15) is 24.2 Å². The number of amides is 1. The topological polar surface area (TPSA) is 96.0 Å². The molecule has 2 aromatic rings. The quantitative estimate of drug-likeness (QED) is 0.778. The molecule has 0 saturated heterocycles. The van der Waals surface area contributed by atoms with Crippen LogP contribution in [0.15, 0.2) is 36.5 Å². The predicted molar refractivity (Wildman–Crippen MR) is 96.3 cm³/mol.